The quantitative estimate of drug-likeness (QED) is 0.875. The predicted molar refractivity (Wildman–Crippen MR) is 88.3 cm³/mol. The van der Waals surface area contributed by atoms with Gasteiger partial charge >= 0.3 is 0 Å². The molecule has 4 heteroatoms. The Balaban J connectivity index is 2.09. The summed E-state index contributed by atoms with van der Waals surface area (Å²) < 4.78 is 2.06. The summed E-state index contributed by atoms with van der Waals surface area (Å²) in [5.41, 5.74) is 2.55. The van der Waals surface area contributed by atoms with Crippen LogP contribution in [0.4, 0.5) is 0 Å². The molecule has 120 valence electrons. The third-order valence-electron chi connectivity index (χ3n) is 4.74. The van der Waals surface area contributed by atoms with Crippen LogP contribution in [0.25, 0.3) is 0 Å². The predicted octanol–water partition coefficient (Wildman–Crippen LogP) is 2.58. The highest BCUT2D eigenvalue weighted by Crippen LogP contribution is 2.19. The van der Waals surface area contributed by atoms with E-state index in [2.05, 4.69) is 60.8 Å². The van der Waals surface area contributed by atoms with Crippen LogP contribution in [-0.4, -0.2) is 39.9 Å². The van der Waals surface area contributed by atoms with Crippen LogP contribution in [0.1, 0.15) is 51.9 Å². The van der Waals surface area contributed by atoms with Gasteiger partial charge in [0.25, 0.3) is 0 Å². The van der Waals surface area contributed by atoms with E-state index in [0.29, 0.717) is 18.0 Å². The van der Waals surface area contributed by atoms with Gasteiger partial charge in [-0.1, -0.05) is 34.1 Å². The molecule has 2 atom stereocenters. The first kappa shape index (κ1) is 16.5. The van der Waals surface area contributed by atoms with Crippen LogP contribution in [0.5, 0.6) is 0 Å². The average Bonchev–Trinajstić information content (AvgIpc) is 2.81. The van der Waals surface area contributed by atoms with Gasteiger partial charge in [-0.15, -0.1) is 0 Å². The highest BCUT2D eigenvalue weighted by molar-refractivity contribution is 5.10. The topological polar surface area (TPSA) is 33.1 Å². The molecule has 1 fully saturated rings. The normalized spacial score (nSPS) is 23.9. The second-order valence-electron chi connectivity index (χ2n) is 6.73. The lowest BCUT2D eigenvalue weighted by Gasteiger charge is -2.42. The molecule has 0 amide bonds. The number of rotatable bonds is 6. The lowest BCUT2D eigenvalue weighted by Crippen LogP contribution is -2.57. The van der Waals surface area contributed by atoms with E-state index < -0.39 is 0 Å². The van der Waals surface area contributed by atoms with Crippen molar-refractivity contribution >= 4 is 0 Å². The van der Waals surface area contributed by atoms with Gasteiger partial charge in [-0.25, -0.2) is 0 Å². The summed E-state index contributed by atoms with van der Waals surface area (Å²) in [6, 6.07) is 3.54. The zero-order valence-corrected chi connectivity index (χ0v) is 14.4. The monoisotopic (exact) mass is 292 g/mol. The van der Waals surface area contributed by atoms with Crippen molar-refractivity contribution in [2.24, 2.45) is 13.0 Å². The molecule has 1 aliphatic heterocycles. The van der Waals surface area contributed by atoms with Crippen molar-refractivity contribution in [3.8, 4) is 0 Å². The third-order valence-corrected chi connectivity index (χ3v) is 4.74. The van der Waals surface area contributed by atoms with Crippen LogP contribution < -0.4 is 5.32 Å². The summed E-state index contributed by atoms with van der Waals surface area (Å²) in [6.45, 7) is 12.4. The number of hydrogen-bond acceptors (Lipinski definition) is 3. The Morgan fingerprint density at radius 3 is 2.71 bits per heavy atom. The maximum absolute atomic E-state index is 4.59. The summed E-state index contributed by atoms with van der Waals surface area (Å²) in [4.78, 5) is 2.67. The van der Waals surface area contributed by atoms with E-state index in [1.54, 1.807) is 0 Å². The lowest BCUT2D eigenvalue weighted by atomic mass is 9.97. The third kappa shape index (κ3) is 4.07. The van der Waals surface area contributed by atoms with Crippen molar-refractivity contribution in [2.75, 3.05) is 13.1 Å². The van der Waals surface area contributed by atoms with E-state index in [-0.39, 0.29) is 0 Å². The summed E-state index contributed by atoms with van der Waals surface area (Å²) in [5.74, 6) is 0.688. The van der Waals surface area contributed by atoms with E-state index in [1.807, 2.05) is 0 Å². The Morgan fingerprint density at radius 1 is 1.38 bits per heavy atom. The molecule has 0 radical (unpaired) electrons. The number of nitrogens with one attached hydrogen (secondary N) is 1. The van der Waals surface area contributed by atoms with Gasteiger partial charge in [-0.3, -0.25) is 9.58 Å². The second-order valence-corrected chi connectivity index (χ2v) is 6.73. The van der Waals surface area contributed by atoms with E-state index in [1.165, 1.54) is 24.2 Å². The van der Waals surface area contributed by atoms with Gasteiger partial charge in [0, 0.05) is 38.8 Å². The van der Waals surface area contributed by atoms with Crippen molar-refractivity contribution in [1.29, 1.82) is 0 Å². The molecule has 1 N–H and O–H groups in total. The van der Waals surface area contributed by atoms with Gasteiger partial charge in [-0.05, 0) is 24.8 Å². The highest BCUT2D eigenvalue weighted by Gasteiger charge is 2.29. The van der Waals surface area contributed by atoms with Gasteiger partial charge < -0.3 is 5.32 Å². The minimum absolute atomic E-state index is 0.608. The Labute approximate surface area is 129 Å². The molecule has 2 unspecified atom stereocenters. The fourth-order valence-electron chi connectivity index (χ4n) is 3.24. The summed E-state index contributed by atoms with van der Waals surface area (Å²) in [6.07, 6.45) is 3.54. The fourth-order valence-corrected chi connectivity index (χ4v) is 3.24. The highest BCUT2D eigenvalue weighted by atomic mass is 15.3. The fraction of sp³-hybridized carbons (Fsp3) is 0.824. The summed E-state index contributed by atoms with van der Waals surface area (Å²) in [5, 5.41) is 8.33. The van der Waals surface area contributed by atoms with Crippen LogP contribution in [0.2, 0.25) is 0 Å². The van der Waals surface area contributed by atoms with E-state index in [0.717, 1.165) is 26.1 Å². The first-order valence-corrected chi connectivity index (χ1v) is 8.54. The maximum atomic E-state index is 4.59. The van der Waals surface area contributed by atoms with Crippen LogP contribution >= 0.6 is 0 Å². The van der Waals surface area contributed by atoms with Crippen molar-refractivity contribution in [3.05, 3.63) is 17.5 Å². The zero-order valence-electron chi connectivity index (χ0n) is 14.4. The molecule has 0 saturated carbocycles. The average molecular weight is 292 g/mol. The molecule has 1 aromatic heterocycles. The molecule has 4 nitrogen and oxygen atoms in total. The molecule has 1 aliphatic rings. The first-order chi connectivity index (χ1) is 10.0. The smallest absolute Gasteiger partial charge is 0.0625 e. The number of aromatic nitrogens is 2. The standard InChI is InChI=1S/C17H32N4/c1-6-8-15-10-18-17(13(3)4)12-21(15)11-16-9-14(7-2)19-20(16)5/h9,13,15,17-18H,6-8,10-12H2,1-5H3. The van der Waals surface area contributed by atoms with Gasteiger partial charge in [0.15, 0.2) is 0 Å². The number of nitrogens with zero attached hydrogens (tertiary/aromatic N) is 3. The molecule has 2 rings (SSSR count). The molecular weight excluding hydrogens is 260 g/mol. The number of hydrogen-bond donors (Lipinski definition) is 1. The van der Waals surface area contributed by atoms with Crippen LogP contribution in [0.15, 0.2) is 6.07 Å². The Kier molecular flexibility index (Phi) is 5.82. The minimum Gasteiger partial charge on any atom is -0.311 e. The minimum atomic E-state index is 0.608. The molecule has 0 aromatic carbocycles. The van der Waals surface area contributed by atoms with Gasteiger partial charge in [0.05, 0.1) is 11.4 Å². The molecule has 0 bridgehead atoms. The van der Waals surface area contributed by atoms with Gasteiger partial charge in [0.2, 0.25) is 0 Å². The molecule has 0 spiro atoms. The van der Waals surface area contributed by atoms with E-state index in [9.17, 15) is 0 Å². The molecule has 1 aromatic rings. The van der Waals surface area contributed by atoms with Crippen molar-refractivity contribution in [3.63, 3.8) is 0 Å². The SMILES string of the molecule is CCCC1CNC(C(C)C)CN1Cc1cc(CC)nn1C. The Bertz CT molecular complexity index is 438. The van der Waals surface area contributed by atoms with Gasteiger partial charge in [-0.2, -0.15) is 5.10 Å². The van der Waals surface area contributed by atoms with Crippen molar-refractivity contribution in [1.82, 2.24) is 20.0 Å². The second kappa shape index (κ2) is 7.41. The maximum Gasteiger partial charge on any atom is 0.0625 e. The van der Waals surface area contributed by atoms with Crippen LogP contribution in [-0.2, 0) is 20.0 Å². The summed E-state index contributed by atoms with van der Waals surface area (Å²) >= 11 is 0. The van der Waals surface area contributed by atoms with Crippen LogP contribution in [0.3, 0.4) is 0 Å². The molecule has 1 saturated heterocycles. The molecule has 21 heavy (non-hydrogen) atoms. The summed E-state index contributed by atoms with van der Waals surface area (Å²) in [7, 11) is 2.07. The molecular formula is C17H32N4. The Morgan fingerprint density at radius 2 is 2.14 bits per heavy atom. The largest absolute Gasteiger partial charge is 0.311 e. The van der Waals surface area contributed by atoms with Crippen molar-refractivity contribution < 1.29 is 0 Å². The zero-order chi connectivity index (χ0) is 15.4. The molecule has 2 heterocycles. The molecule has 0 aliphatic carbocycles. The number of piperazine rings is 1. The van der Waals surface area contributed by atoms with E-state index >= 15 is 0 Å². The van der Waals surface area contributed by atoms with E-state index in [4.69, 9.17) is 0 Å². The Hall–Kier alpha value is -0.870. The van der Waals surface area contributed by atoms with Crippen LogP contribution in [0, 0.1) is 5.92 Å². The lowest BCUT2D eigenvalue weighted by molar-refractivity contribution is 0.0972. The van der Waals surface area contributed by atoms with Crippen molar-refractivity contribution in [2.45, 2.75) is 65.6 Å². The first-order valence-electron chi connectivity index (χ1n) is 8.54. The number of aryl methyl sites for hydroxylation is 2. The van der Waals surface area contributed by atoms with Gasteiger partial charge in [0.1, 0.15) is 0 Å².